The molecular formula is C24H37IN4O. The van der Waals surface area contributed by atoms with Gasteiger partial charge in [-0.25, -0.2) is 0 Å². The second-order valence-corrected chi connectivity index (χ2v) is 9.52. The molecule has 0 unspecified atom stereocenters. The molecule has 166 valence electrons. The zero-order valence-corrected chi connectivity index (χ0v) is 20.7. The number of aliphatic imine (C=N–C) groups is 1. The summed E-state index contributed by atoms with van der Waals surface area (Å²) in [5.74, 6) is 1.05. The van der Waals surface area contributed by atoms with Crippen LogP contribution in [-0.2, 0) is 10.2 Å². The third kappa shape index (κ3) is 3.88. The summed E-state index contributed by atoms with van der Waals surface area (Å²) in [7, 11) is 1.94. The molecule has 0 atom stereocenters. The van der Waals surface area contributed by atoms with Gasteiger partial charge in [-0.15, -0.1) is 24.0 Å². The maximum absolute atomic E-state index is 5.73. The van der Waals surface area contributed by atoms with Crippen molar-refractivity contribution in [1.29, 1.82) is 0 Å². The predicted octanol–water partition coefficient (Wildman–Crippen LogP) is 4.16. The van der Waals surface area contributed by atoms with E-state index in [1.807, 2.05) is 7.05 Å². The van der Waals surface area contributed by atoms with E-state index in [0.717, 1.165) is 45.1 Å². The number of guanidine groups is 1. The third-order valence-corrected chi connectivity index (χ3v) is 8.03. The highest BCUT2D eigenvalue weighted by atomic mass is 127. The van der Waals surface area contributed by atoms with E-state index in [1.54, 1.807) is 5.56 Å². The molecule has 0 radical (unpaired) electrons. The lowest BCUT2D eigenvalue weighted by atomic mass is 9.81. The molecular weight excluding hydrogens is 487 g/mol. The minimum absolute atomic E-state index is 0. The maximum Gasteiger partial charge on any atom is 0.198 e. The number of hydrogen-bond acceptors (Lipinski definition) is 3. The second-order valence-electron chi connectivity index (χ2n) is 9.52. The van der Waals surface area contributed by atoms with Crippen LogP contribution in [0.25, 0.3) is 0 Å². The van der Waals surface area contributed by atoms with Crippen molar-refractivity contribution in [2.75, 3.05) is 51.3 Å². The Morgan fingerprint density at radius 3 is 2.43 bits per heavy atom. The van der Waals surface area contributed by atoms with Gasteiger partial charge in [-0.3, -0.25) is 9.89 Å². The molecule has 3 aliphatic heterocycles. The van der Waals surface area contributed by atoms with Gasteiger partial charge < -0.3 is 15.0 Å². The van der Waals surface area contributed by atoms with Crippen molar-refractivity contribution in [3.05, 3.63) is 29.8 Å². The minimum atomic E-state index is 0. The van der Waals surface area contributed by atoms with Gasteiger partial charge in [-0.05, 0) is 63.2 Å². The highest BCUT2D eigenvalue weighted by Gasteiger charge is 2.46. The Bertz CT molecular complexity index is 749. The molecule has 1 aliphatic carbocycles. The van der Waals surface area contributed by atoms with Crippen molar-refractivity contribution >= 4 is 35.6 Å². The number of fused-ring (bicyclic) bond motifs is 2. The van der Waals surface area contributed by atoms with E-state index in [9.17, 15) is 0 Å². The quantitative estimate of drug-likeness (QED) is 0.367. The number of hydrogen-bond donors (Lipinski definition) is 1. The first-order valence-corrected chi connectivity index (χ1v) is 11.7. The zero-order valence-electron chi connectivity index (χ0n) is 18.4. The molecule has 5 rings (SSSR count). The number of para-hydroxylation sites is 1. The lowest BCUT2D eigenvalue weighted by Gasteiger charge is -2.45. The minimum Gasteiger partial charge on any atom is -0.381 e. The number of nitrogens with one attached hydrogen (secondary N) is 1. The molecule has 1 saturated carbocycles. The van der Waals surface area contributed by atoms with Crippen molar-refractivity contribution in [3.8, 4) is 0 Å². The number of ether oxygens (including phenoxy) is 1. The van der Waals surface area contributed by atoms with Crippen LogP contribution in [0.3, 0.4) is 0 Å². The number of rotatable bonds is 3. The summed E-state index contributed by atoms with van der Waals surface area (Å²) in [5.41, 5.74) is 3.46. The Hall–Kier alpha value is -0.860. The first kappa shape index (κ1) is 22.3. The summed E-state index contributed by atoms with van der Waals surface area (Å²) >= 11 is 0. The molecule has 1 N–H and O–H groups in total. The number of benzene rings is 1. The molecule has 3 heterocycles. The van der Waals surface area contributed by atoms with Crippen LogP contribution < -0.4 is 10.2 Å². The van der Waals surface area contributed by atoms with E-state index in [1.165, 1.54) is 57.3 Å². The van der Waals surface area contributed by atoms with Gasteiger partial charge in [0.05, 0.1) is 0 Å². The summed E-state index contributed by atoms with van der Waals surface area (Å²) < 4.78 is 5.73. The van der Waals surface area contributed by atoms with E-state index in [-0.39, 0.29) is 29.5 Å². The van der Waals surface area contributed by atoms with E-state index < -0.39 is 0 Å². The Kier molecular flexibility index (Phi) is 6.95. The highest BCUT2D eigenvalue weighted by molar-refractivity contribution is 14.0. The van der Waals surface area contributed by atoms with Crippen LogP contribution in [-0.4, -0.2) is 62.8 Å². The molecule has 5 nitrogen and oxygen atoms in total. The van der Waals surface area contributed by atoms with Crippen molar-refractivity contribution in [2.45, 2.75) is 62.3 Å². The average molecular weight is 524 g/mol. The summed E-state index contributed by atoms with van der Waals surface area (Å²) in [6, 6.07) is 9.04. The standard InChI is InChI=1S/C24H36N4O.HI/c1-25-22(26-18-24(12-16-29-17-13-24)27-14-6-7-15-27)28-19-23(10-4-5-11-23)20-8-2-3-9-21(20)28;/h2-3,8-9H,4-7,10-19H2,1H3,(H,25,26);1H. The molecule has 1 spiro atoms. The van der Waals surface area contributed by atoms with Crippen LogP contribution in [0.4, 0.5) is 5.69 Å². The molecule has 1 aromatic carbocycles. The number of anilines is 1. The Labute approximate surface area is 198 Å². The van der Waals surface area contributed by atoms with E-state index in [4.69, 9.17) is 9.73 Å². The first-order chi connectivity index (χ1) is 14.3. The van der Waals surface area contributed by atoms with Gasteiger partial charge in [0.2, 0.25) is 0 Å². The van der Waals surface area contributed by atoms with Crippen molar-refractivity contribution < 1.29 is 4.74 Å². The summed E-state index contributed by atoms with van der Waals surface area (Å²) in [4.78, 5) is 9.95. The SMILES string of the molecule is CN=C(NCC1(N2CCCC2)CCOCC1)N1CC2(CCCC2)c2ccccc21.I. The van der Waals surface area contributed by atoms with Crippen LogP contribution in [0, 0.1) is 0 Å². The molecule has 0 amide bonds. The van der Waals surface area contributed by atoms with Crippen LogP contribution in [0.2, 0.25) is 0 Å². The van der Waals surface area contributed by atoms with Gasteiger partial charge >= 0.3 is 0 Å². The van der Waals surface area contributed by atoms with Gasteiger partial charge in [0, 0.05) is 50.0 Å². The van der Waals surface area contributed by atoms with Crippen LogP contribution in [0.15, 0.2) is 29.3 Å². The lowest BCUT2D eigenvalue weighted by molar-refractivity contribution is -0.0163. The second kappa shape index (κ2) is 9.33. The zero-order chi connectivity index (χ0) is 19.7. The van der Waals surface area contributed by atoms with Crippen molar-refractivity contribution in [2.24, 2.45) is 4.99 Å². The fourth-order valence-corrected chi connectivity index (χ4v) is 6.39. The molecule has 2 saturated heterocycles. The largest absolute Gasteiger partial charge is 0.381 e. The number of halogens is 1. The fraction of sp³-hybridized carbons (Fsp3) is 0.708. The predicted molar refractivity (Wildman–Crippen MR) is 134 cm³/mol. The molecule has 6 heteroatoms. The summed E-state index contributed by atoms with van der Waals surface area (Å²) in [5, 5.41) is 3.82. The molecule has 0 bridgehead atoms. The maximum atomic E-state index is 5.73. The van der Waals surface area contributed by atoms with Crippen molar-refractivity contribution in [3.63, 3.8) is 0 Å². The molecule has 3 fully saturated rings. The van der Waals surface area contributed by atoms with Gasteiger partial charge in [0.25, 0.3) is 0 Å². The van der Waals surface area contributed by atoms with E-state index >= 15 is 0 Å². The lowest BCUT2D eigenvalue weighted by Crippen LogP contribution is -2.59. The summed E-state index contributed by atoms with van der Waals surface area (Å²) in [6.45, 7) is 6.27. The monoisotopic (exact) mass is 524 g/mol. The van der Waals surface area contributed by atoms with Gasteiger partial charge in [0.1, 0.15) is 0 Å². The molecule has 4 aliphatic rings. The van der Waals surface area contributed by atoms with Crippen LogP contribution in [0.1, 0.15) is 56.9 Å². The molecule has 30 heavy (non-hydrogen) atoms. The van der Waals surface area contributed by atoms with E-state index in [2.05, 4.69) is 39.4 Å². The van der Waals surface area contributed by atoms with Crippen LogP contribution in [0.5, 0.6) is 0 Å². The first-order valence-electron chi connectivity index (χ1n) is 11.7. The fourth-order valence-electron chi connectivity index (χ4n) is 6.39. The van der Waals surface area contributed by atoms with Gasteiger partial charge in [-0.1, -0.05) is 31.0 Å². The highest BCUT2D eigenvalue weighted by Crippen LogP contribution is 2.50. The van der Waals surface area contributed by atoms with Crippen LogP contribution >= 0.6 is 24.0 Å². The normalized spacial score (nSPS) is 25.4. The molecule has 0 aromatic heterocycles. The smallest absolute Gasteiger partial charge is 0.198 e. The average Bonchev–Trinajstić information content (AvgIpc) is 3.52. The summed E-state index contributed by atoms with van der Waals surface area (Å²) in [6.07, 6.45) is 10.2. The van der Waals surface area contributed by atoms with Crippen molar-refractivity contribution in [1.82, 2.24) is 10.2 Å². The van der Waals surface area contributed by atoms with E-state index in [0.29, 0.717) is 5.41 Å². The van der Waals surface area contributed by atoms with Gasteiger partial charge in [-0.2, -0.15) is 0 Å². The Balaban J connectivity index is 0.00000218. The Morgan fingerprint density at radius 2 is 1.73 bits per heavy atom. The third-order valence-electron chi connectivity index (χ3n) is 8.03. The topological polar surface area (TPSA) is 40.1 Å². The Morgan fingerprint density at radius 1 is 1.03 bits per heavy atom. The molecule has 1 aromatic rings. The number of likely N-dealkylation sites (tertiary alicyclic amines) is 1. The van der Waals surface area contributed by atoms with Gasteiger partial charge in [0.15, 0.2) is 5.96 Å². The number of nitrogens with zero attached hydrogens (tertiary/aromatic N) is 3.